The van der Waals surface area contributed by atoms with Crippen LogP contribution in [-0.2, 0) is 11.2 Å². The van der Waals surface area contributed by atoms with Gasteiger partial charge in [0.25, 0.3) is 11.8 Å². The number of methoxy groups -OCH3 is 1. The number of fused-ring (bicyclic) bond motifs is 1. The minimum atomic E-state index is -0.435. The topological polar surface area (TPSA) is 93.7 Å². The van der Waals surface area contributed by atoms with Gasteiger partial charge in [-0.3, -0.25) is 19.7 Å². The van der Waals surface area contributed by atoms with Gasteiger partial charge in [-0.15, -0.1) is 0 Å². The number of rotatable bonds is 6. The summed E-state index contributed by atoms with van der Waals surface area (Å²) in [6, 6.07) is 18.9. The predicted octanol–water partition coefficient (Wildman–Crippen LogP) is 3.55. The van der Waals surface area contributed by atoms with Crippen molar-refractivity contribution in [1.82, 2.24) is 5.32 Å². The van der Waals surface area contributed by atoms with E-state index in [2.05, 4.69) is 10.6 Å². The molecule has 0 saturated carbocycles. The average Bonchev–Trinajstić information content (AvgIpc) is 3.03. The van der Waals surface area contributed by atoms with Crippen molar-refractivity contribution in [3.05, 3.63) is 83.4 Å². The van der Waals surface area contributed by atoms with Crippen LogP contribution in [0.15, 0.2) is 66.7 Å². The molecular weight excluding hydrogens is 384 g/mol. The Morgan fingerprint density at radius 3 is 2.17 bits per heavy atom. The lowest BCUT2D eigenvalue weighted by Gasteiger charge is -2.09. The molecule has 1 heterocycles. The summed E-state index contributed by atoms with van der Waals surface area (Å²) >= 11 is 0. The number of carbonyl (C=O) groups is 3. The summed E-state index contributed by atoms with van der Waals surface area (Å²) in [7, 11) is 1.59. The van der Waals surface area contributed by atoms with Crippen molar-refractivity contribution in [2.75, 3.05) is 12.4 Å². The number of hydrogen-bond donors (Lipinski definition) is 2. The van der Waals surface area contributed by atoms with Gasteiger partial charge in [0, 0.05) is 5.69 Å². The van der Waals surface area contributed by atoms with Gasteiger partial charge in [0.2, 0.25) is 5.91 Å². The van der Waals surface area contributed by atoms with Crippen LogP contribution in [0.3, 0.4) is 0 Å². The molecule has 3 amide bonds. The normalized spacial score (nSPS) is 12.2. The molecule has 150 valence electrons. The Balaban J connectivity index is 1.37. The van der Waals surface area contributed by atoms with Gasteiger partial charge in [0.05, 0.1) is 24.7 Å². The van der Waals surface area contributed by atoms with Crippen molar-refractivity contribution in [1.29, 1.82) is 0 Å². The van der Waals surface area contributed by atoms with Crippen LogP contribution in [0.4, 0.5) is 5.69 Å². The van der Waals surface area contributed by atoms with Gasteiger partial charge in [0.1, 0.15) is 17.2 Å². The van der Waals surface area contributed by atoms with Crippen molar-refractivity contribution in [2.45, 2.75) is 6.42 Å². The van der Waals surface area contributed by atoms with Gasteiger partial charge >= 0.3 is 0 Å². The zero-order valence-electron chi connectivity index (χ0n) is 16.1. The molecule has 0 unspecified atom stereocenters. The summed E-state index contributed by atoms with van der Waals surface area (Å²) in [5.74, 6) is 0.739. The predicted molar refractivity (Wildman–Crippen MR) is 110 cm³/mol. The van der Waals surface area contributed by atoms with Crippen molar-refractivity contribution in [2.24, 2.45) is 0 Å². The fraction of sp³-hybridized carbons (Fsp3) is 0.0870. The molecule has 1 aliphatic rings. The van der Waals surface area contributed by atoms with Gasteiger partial charge in [0.15, 0.2) is 0 Å². The molecule has 30 heavy (non-hydrogen) atoms. The Morgan fingerprint density at radius 1 is 0.833 bits per heavy atom. The second kappa shape index (κ2) is 8.08. The van der Waals surface area contributed by atoms with Crippen LogP contribution in [0.5, 0.6) is 17.2 Å². The second-order valence-corrected chi connectivity index (χ2v) is 6.69. The Bertz CT molecular complexity index is 1120. The van der Waals surface area contributed by atoms with Crippen molar-refractivity contribution in [3.63, 3.8) is 0 Å². The molecule has 2 N–H and O–H groups in total. The van der Waals surface area contributed by atoms with Crippen LogP contribution in [0.1, 0.15) is 26.3 Å². The highest BCUT2D eigenvalue weighted by molar-refractivity contribution is 6.21. The van der Waals surface area contributed by atoms with E-state index in [1.165, 1.54) is 6.07 Å². The molecule has 0 fully saturated rings. The average molecular weight is 402 g/mol. The molecule has 0 atom stereocenters. The van der Waals surface area contributed by atoms with Crippen molar-refractivity contribution in [3.8, 4) is 17.2 Å². The fourth-order valence-electron chi connectivity index (χ4n) is 3.09. The van der Waals surface area contributed by atoms with E-state index in [9.17, 15) is 14.4 Å². The molecule has 7 nitrogen and oxygen atoms in total. The van der Waals surface area contributed by atoms with E-state index in [0.717, 1.165) is 11.3 Å². The number of ether oxygens (including phenoxy) is 2. The molecule has 3 aromatic carbocycles. The van der Waals surface area contributed by atoms with Crippen LogP contribution < -0.4 is 20.1 Å². The fourth-order valence-corrected chi connectivity index (χ4v) is 3.09. The first-order chi connectivity index (χ1) is 14.5. The Kier molecular flexibility index (Phi) is 5.17. The van der Waals surface area contributed by atoms with Gasteiger partial charge in [-0.2, -0.15) is 0 Å². The third kappa shape index (κ3) is 4.15. The molecule has 1 aliphatic heterocycles. The molecule has 0 spiro atoms. The maximum atomic E-state index is 12.2. The molecule has 0 aliphatic carbocycles. The van der Waals surface area contributed by atoms with Gasteiger partial charge in [-0.05, 0) is 60.2 Å². The Labute approximate surface area is 172 Å². The zero-order chi connectivity index (χ0) is 21.1. The standard InChI is InChI=1S/C23H18N2O5/c1-29-16-6-2-14(3-7-16)12-21(26)24-15-4-8-17(9-5-15)30-18-10-11-19-20(13-18)23(28)25-22(19)27/h2-11,13H,12H2,1H3,(H,24,26)(H,25,27,28). The van der Waals surface area contributed by atoms with E-state index in [1.807, 2.05) is 24.3 Å². The molecule has 0 saturated heterocycles. The zero-order valence-corrected chi connectivity index (χ0v) is 16.1. The summed E-state index contributed by atoms with van der Waals surface area (Å²) in [6.45, 7) is 0. The van der Waals surface area contributed by atoms with E-state index < -0.39 is 11.8 Å². The van der Waals surface area contributed by atoms with Gasteiger partial charge in [-0.1, -0.05) is 12.1 Å². The second-order valence-electron chi connectivity index (χ2n) is 6.69. The lowest BCUT2D eigenvalue weighted by molar-refractivity contribution is -0.115. The lowest BCUT2D eigenvalue weighted by atomic mass is 10.1. The monoisotopic (exact) mass is 402 g/mol. The van der Waals surface area contributed by atoms with E-state index in [-0.39, 0.29) is 12.3 Å². The summed E-state index contributed by atoms with van der Waals surface area (Å²) in [5, 5.41) is 5.08. The number of anilines is 1. The highest BCUT2D eigenvalue weighted by Crippen LogP contribution is 2.27. The summed E-state index contributed by atoms with van der Waals surface area (Å²) in [5.41, 5.74) is 2.15. The Hall–Kier alpha value is -4.13. The van der Waals surface area contributed by atoms with Crippen LogP contribution >= 0.6 is 0 Å². The van der Waals surface area contributed by atoms with Crippen molar-refractivity contribution >= 4 is 23.4 Å². The maximum absolute atomic E-state index is 12.2. The first-order valence-corrected chi connectivity index (χ1v) is 9.22. The molecule has 0 radical (unpaired) electrons. The molecule has 4 rings (SSSR count). The van der Waals surface area contributed by atoms with Crippen LogP contribution in [0.25, 0.3) is 0 Å². The number of hydrogen-bond acceptors (Lipinski definition) is 5. The smallest absolute Gasteiger partial charge is 0.259 e. The van der Waals surface area contributed by atoms with E-state index >= 15 is 0 Å². The molecule has 0 aromatic heterocycles. The van der Waals surface area contributed by atoms with E-state index in [0.29, 0.717) is 28.3 Å². The SMILES string of the molecule is COc1ccc(CC(=O)Nc2ccc(Oc3ccc4c(c3)C(=O)NC4=O)cc2)cc1. The number of carbonyl (C=O) groups excluding carboxylic acids is 3. The van der Waals surface area contributed by atoms with Crippen LogP contribution in [0.2, 0.25) is 0 Å². The first kappa shape index (κ1) is 19.2. The summed E-state index contributed by atoms with van der Waals surface area (Å²) < 4.78 is 10.9. The number of amides is 3. The Morgan fingerprint density at radius 2 is 1.47 bits per heavy atom. The molecule has 0 bridgehead atoms. The maximum Gasteiger partial charge on any atom is 0.259 e. The van der Waals surface area contributed by atoms with Crippen LogP contribution in [0, 0.1) is 0 Å². The minimum absolute atomic E-state index is 0.136. The quantitative estimate of drug-likeness (QED) is 0.615. The minimum Gasteiger partial charge on any atom is -0.497 e. The lowest BCUT2D eigenvalue weighted by Crippen LogP contribution is -2.19. The highest BCUT2D eigenvalue weighted by Gasteiger charge is 2.26. The summed E-state index contributed by atoms with van der Waals surface area (Å²) in [4.78, 5) is 35.6. The molecule has 3 aromatic rings. The third-order valence-electron chi connectivity index (χ3n) is 4.60. The first-order valence-electron chi connectivity index (χ1n) is 9.22. The third-order valence-corrected chi connectivity index (χ3v) is 4.60. The summed E-state index contributed by atoms with van der Waals surface area (Å²) in [6.07, 6.45) is 0.248. The van der Waals surface area contributed by atoms with Gasteiger partial charge in [-0.25, -0.2) is 0 Å². The van der Waals surface area contributed by atoms with Crippen LogP contribution in [-0.4, -0.2) is 24.8 Å². The van der Waals surface area contributed by atoms with Crippen molar-refractivity contribution < 1.29 is 23.9 Å². The number of benzene rings is 3. The molecule has 7 heteroatoms. The highest BCUT2D eigenvalue weighted by atomic mass is 16.5. The van der Waals surface area contributed by atoms with Gasteiger partial charge < -0.3 is 14.8 Å². The van der Waals surface area contributed by atoms with E-state index in [1.54, 1.807) is 43.5 Å². The number of nitrogens with one attached hydrogen (secondary N) is 2. The largest absolute Gasteiger partial charge is 0.497 e. The molecular formula is C23H18N2O5. The number of imide groups is 1. The van der Waals surface area contributed by atoms with E-state index in [4.69, 9.17) is 9.47 Å².